The summed E-state index contributed by atoms with van der Waals surface area (Å²) in [4.78, 5) is 48.6. The minimum atomic E-state index is -1.77. The van der Waals surface area contributed by atoms with Crippen molar-refractivity contribution in [2.24, 2.45) is 0 Å². The molecular weight excluding hydrogens is 477 g/mol. The van der Waals surface area contributed by atoms with E-state index in [1.54, 1.807) is 4.90 Å². The Morgan fingerprint density at radius 2 is 1.77 bits per heavy atom. The van der Waals surface area contributed by atoms with E-state index in [1.807, 2.05) is 5.32 Å². The van der Waals surface area contributed by atoms with Gasteiger partial charge in [0.15, 0.2) is 24.1 Å². The van der Waals surface area contributed by atoms with Gasteiger partial charge in [-0.05, 0) is 18.2 Å². The number of nitro groups is 1. The van der Waals surface area contributed by atoms with Crippen LogP contribution in [0.2, 0.25) is 0 Å². The van der Waals surface area contributed by atoms with Crippen LogP contribution in [0.25, 0.3) is 0 Å². The van der Waals surface area contributed by atoms with Crippen LogP contribution in [-0.2, 0) is 19.1 Å². The zero-order valence-corrected chi connectivity index (χ0v) is 18.0. The molecule has 1 heterocycles. The van der Waals surface area contributed by atoms with Crippen molar-refractivity contribution in [2.45, 2.75) is 0 Å². The maximum absolute atomic E-state index is 13.6. The van der Waals surface area contributed by atoms with Crippen LogP contribution in [-0.4, -0.2) is 62.2 Å². The molecule has 1 aliphatic heterocycles. The first-order valence-corrected chi connectivity index (χ1v) is 10.2. The lowest BCUT2D eigenvalue weighted by molar-refractivity contribution is -0.384. The van der Waals surface area contributed by atoms with Crippen LogP contribution in [0.4, 0.5) is 30.2 Å². The Morgan fingerprint density at radius 1 is 1.06 bits per heavy atom. The fourth-order valence-electron chi connectivity index (χ4n) is 3.14. The molecule has 2 amide bonds. The third-order valence-electron chi connectivity index (χ3n) is 4.85. The zero-order chi connectivity index (χ0) is 25.5. The maximum atomic E-state index is 13.6. The second kappa shape index (κ2) is 11.3. The molecule has 0 bridgehead atoms. The van der Waals surface area contributed by atoms with Gasteiger partial charge in [0.25, 0.3) is 11.6 Å². The third kappa shape index (κ3) is 6.44. The summed E-state index contributed by atoms with van der Waals surface area (Å²) in [6.45, 7) is 0.148. The normalized spacial score (nSPS) is 13.2. The molecule has 0 spiro atoms. The molecular formula is C21H19F3N4O7. The van der Waals surface area contributed by atoms with Crippen molar-refractivity contribution >= 4 is 34.8 Å². The average molecular weight is 496 g/mol. The molecule has 0 unspecified atom stereocenters. The number of morpholine rings is 1. The molecule has 0 saturated carbocycles. The molecule has 0 atom stereocenters. The molecule has 1 aliphatic rings. The number of hydrogen-bond donors (Lipinski definition) is 2. The largest absolute Gasteiger partial charge is 0.452 e. The summed E-state index contributed by atoms with van der Waals surface area (Å²) in [6, 6.07) is 5.10. The van der Waals surface area contributed by atoms with Gasteiger partial charge in [-0.3, -0.25) is 19.7 Å². The Bertz CT molecular complexity index is 1160. The van der Waals surface area contributed by atoms with Crippen molar-refractivity contribution in [1.82, 2.24) is 5.32 Å². The van der Waals surface area contributed by atoms with Crippen LogP contribution in [0.3, 0.4) is 0 Å². The van der Waals surface area contributed by atoms with E-state index in [9.17, 15) is 37.7 Å². The molecule has 14 heteroatoms. The van der Waals surface area contributed by atoms with Gasteiger partial charge in [-0.2, -0.15) is 0 Å². The van der Waals surface area contributed by atoms with E-state index in [-0.39, 0.29) is 11.3 Å². The monoisotopic (exact) mass is 496 g/mol. The highest BCUT2D eigenvalue weighted by molar-refractivity contribution is 5.98. The molecule has 2 N–H and O–H groups in total. The number of carbonyl (C=O) groups excluding carboxylic acids is 3. The standard InChI is InChI=1S/C21H19F3N4O7/c22-14-2-3-15(20(24)19(14)23)26-17(29)10-25-18(30)11-35-21(31)13-9-12(28(32)33)1-4-16(13)27-5-7-34-8-6-27/h1-4,9H,5-8,10-11H2,(H,25,30)(H,26,29). The molecule has 35 heavy (non-hydrogen) atoms. The number of ether oxygens (including phenoxy) is 2. The Kier molecular flexibility index (Phi) is 8.20. The minimum absolute atomic E-state index is 0.125. The summed E-state index contributed by atoms with van der Waals surface area (Å²) in [5.74, 6) is -7.67. The van der Waals surface area contributed by atoms with E-state index in [0.717, 1.165) is 12.1 Å². The summed E-state index contributed by atoms with van der Waals surface area (Å²) in [5.41, 5.74) is -0.729. The van der Waals surface area contributed by atoms with E-state index in [4.69, 9.17) is 9.47 Å². The fraction of sp³-hybridized carbons (Fsp3) is 0.286. The van der Waals surface area contributed by atoms with Crippen LogP contribution < -0.4 is 15.5 Å². The molecule has 0 aliphatic carbocycles. The Balaban J connectivity index is 1.57. The van der Waals surface area contributed by atoms with Gasteiger partial charge in [0.2, 0.25) is 5.91 Å². The molecule has 0 radical (unpaired) electrons. The van der Waals surface area contributed by atoms with Gasteiger partial charge in [0.1, 0.15) is 0 Å². The SMILES string of the molecule is O=C(COC(=O)c1cc([N+](=O)[O-])ccc1N1CCOCC1)NCC(=O)Nc1ccc(F)c(F)c1F. The number of nitro benzene ring substituents is 1. The van der Waals surface area contributed by atoms with E-state index in [2.05, 4.69) is 5.32 Å². The second-order valence-electron chi connectivity index (χ2n) is 7.18. The fourth-order valence-corrected chi connectivity index (χ4v) is 3.14. The lowest BCUT2D eigenvalue weighted by atomic mass is 10.1. The van der Waals surface area contributed by atoms with Crippen molar-refractivity contribution in [3.63, 3.8) is 0 Å². The molecule has 11 nitrogen and oxygen atoms in total. The smallest absolute Gasteiger partial charge is 0.341 e. The zero-order valence-electron chi connectivity index (χ0n) is 18.0. The molecule has 3 rings (SSSR count). The van der Waals surface area contributed by atoms with Crippen molar-refractivity contribution in [3.05, 3.63) is 63.5 Å². The van der Waals surface area contributed by atoms with E-state index in [1.165, 1.54) is 12.1 Å². The molecule has 186 valence electrons. The lowest BCUT2D eigenvalue weighted by Crippen LogP contribution is -2.37. The highest BCUT2D eigenvalue weighted by atomic mass is 19.2. The van der Waals surface area contributed by atoms with Crippen LogP contribution in [0.1, 0.15) is 10.4 Å². The number of hydrogen-bond acceptors (Lipinski definition) is 8. The summed E-state index contributed by atoms with van der Waals surface area (Å²) in [7, 11) is 0. The number of nitrogens with one attached hydrogen (secondary N) is 2. The van der Waals surface area contributed by atoms with E-state index < -0.39 is 59.0 Å². The second-order valence-corrected chi connectivity index (χ2v) is 7.18. The number of amides is 2. The Morgan fingerprint density at radius 3 is 2.46 bits per heavy atom. The van der Waals surface area contributed by atoms with Gasteiger partial charge in [-0.25, -0.2) is 18.0 Å². The first-order chi connectivity index (χ1) is 16.7. The number of carbonyl (C=O) groups is 3. The molecule has 2 aromatic carbocycles. The van der Waals surface area contributed by atoms with Crippen LogP contribution in [0, 0.1) is 27.6 Å². The van der Waals surface area contributed by atoms with Crippen LogP contribution >= 0.6 is 0 Å². The van der Waals surface area contributed by atoms with Crippen molar-refractivity contribution in [3.8, 4) is 0 Å². The first kappa shape index (κ1) is 25.4. The van der Waals surface area contributed by atoms with Gasteiger partial charge in [0, 0.05) is 25.2 Å². The number of non-ortho nitro benzene ring substituents is 1. The quantitative estimate of drug-likeness (QED) is 0.244. The van der Waals surface area contributed by atoms with Gasteiger partial charge < -0.3 is 25.0 Å². The Labute approximate surface area is 195 Å². The van der Waals surface area contributed by atoms with Gasteiger partial charge in [-0.15, -0.1) is 0 Å². The predicted molar refractivity (Wildman–Crippen MR) is 114 cm³/mol. The van der Waals surface area contributed by atoms with Crippen molar-refractivity contribution < 1.29 is 42.0 Å². The van der Waals surface area contributed by atoms with Crippen molar-refractivity contribution in [1.29, 1.82) is 0 Å². The van der Waals surface area contributed by atoms with Crippen molar-refractivity contribution in [2.75, 3.05) is 49.7 Å². The summed E-state index contributed by atoms with van der Waals surface area (Å²) >= 11 is 0. The molecule has 1 fully saturated rings. The van der Waals surface area contributed by atoms with Gasteiger partial charge in [0.05, 0.1) is 41.6 Å². The lowest BCUT2D eigenvalue weighted by Gasteiger charge is -2.30. The highest BCUT2D eigenvalue weighted by Crippen LogP contribution is 2.27. The summed E-state index contributed by atoms with van der Waals surface area (Å²) in [6.07, 6.45) is 0. The van der Waals surface area contributed by atoms with E-state index >= 15 is 0 Å². The summed E-state index contributed by atoms with van der Waals surface area (Å²) in [5, 5.41) is 15.2. The predicted octanol–water partition coefficient (Wildman–Crippen LogP) is 1.76. The maximum Gasteiger partial charge on any atom is 0.341 e. The number of benzene rings is 2. The number of rotatable bonds is 8. The average Bonchev–Trinajstić information content (AvgIpc) is 2.86. The van der Waals surface area contributed by atoms with E-state index in [0.29, 0.717) is 38.1 Å². The van der Waals surface area contributed by atoms with Crippen LogP contribution in [0.5, 0.6) is 0 Å². The minimum Gasteiger partial charge on any atom is -0.452 e. The molecule has 0 aromatic heterocycles. The molecule has 2 aromatic rings. The third-order valence-corrected chi connectivity index (χ3v) is 4.85. The molecule has 1 saturated heterocycles. The number of esters is 1. The topological polar surface area (TPSA) is 140 Å². The van der Waals surface area contributed by atoms with Gasteiger partial charge in [-0.1, -0.05) is 0 Å². The van der Waals surface area contributed by atoms with Gasteiger partial charge >= 0.3 is 5.97 Å². The van der Waals surface area contributed by atoms with Crippen LogP contribution in [0.15, 0.2) is 30.3 Å². The Hall–Kier alpha value is -4.20. The number of anilines is 2. The highest BCUT2D eigenvalue weighted by Gasteiger charge is 2.24. The summed E-state index contributed by atoms with van der Waals surface area (Å²) < 4.78 is 50.0. The first-order valence-electron chi connectivity index (χ1n) is 10.2. The number of halogens is 3. The number of nitrogens with zero attached hydrogens (tertiary/aromatic N) is 2.